The molecule has 0 fully saturated rings. The van der Waals surface area contributed by atoms with Crippen LogP contribution in [0.25, 0.3) is 11.1 Å². The van der Waals surface area contributed by atoms with Gasteiger partial charge in [-0.2, -0.15) is 0 Å². The van der Waals surface area contributed by atoms with Crippen molar-refractivity contribution in [1.29, 1.82) is 0 Å². The highest BCUT2D eigenvalue weighted by Crippen LogP contribution is 2.21. The van der Waals surface area contributed by atoms with Gasteiger partial charge in [-0.05, 0) is 34.4 Å². The zero-order valence-electron chi connectivity index (χ0n) is 17.0. The van der Waals surface area contributed by atoms with Crippen LogP contribution in [0.5, 0.6) is 5.75 Å². The van der Waals surface area contributed by atoms with Crippen LogP contribution in [0.1, 0.15) is 21.5 Å². The number of halogens is 2. The average Bonchev–Trinajstić information content (AvgIpc) is 2.86. The first-order chi connectivity index (χ1) is 15.2. The van der Waals surface area contributed by atoms with Gasteiger partial charge < -0.3 is 5.11 Å². The fraction of sp³-hybridized carbons (Fsp3) is 0.0741. The summed E-state index contributed by atoms with van der Waals surface area (Å²) in [5.41, 5.74) is 5.42. The van der Waals surface area contributed by atoms with Crippen LogP contribution in [0, 0.1) is 0 Å². The highest BCUT2D eigenvalue weighted by Gasteiger charge is 1.98. The molecule has 0 bridgehead atoms. The Morgan fingerprint density at radius 2 is 0.968 bits per heavy atom. The van der Waals surface area contributed by atoms with Crippen molar-refractivity contribution >= 4 is 29.5 Å². The van der Waals surface area contributed by atoms with Crippen LogP contribution in [-0.2, 0) is 11.8 Å². The number of carbonyl (C=O) groups excluding carboxylic acids is 1. The first-order valence-electron chi connectivity index (χ1n) is 9.70. The summed E-state index contributed by atoms with van der Waals surface area (Å²) in [6.07, 6.45) is 0.833. The Morgan fingerprint density at radius 1 is 0.581 bits per heavy atom. The number of phenolic OH excluding ortho intramolecular Hbond substituents is 1. The Morgan fingerprint density at radius 3 is 1.23 bits per heavy atom. The lowest BCUT2D eigenvalue weighted by atomic mass is 10.0. The number of aldehydes is 1. The number of phenols is 1. The third-order valence-electron chi connectivity index (χ3n) is 4.24. The van der Waals surface area contributed by atoms with E-state index in [1.807, 2.05) is 24.3 Å². The fourth-order valence-corrected chi connectivity index (χ4v) is 2.89. The minimum atomic E-state index is 0.322. The van der Waals surface area contributed by atoms with Gasteiger partial charge in [-0.15, -0.1) is 23.2 Å². The maximum absolute atomic E-state index is 10.0. The summed E-state index contributed by atoms with van der Waals surface area (Å²) in [5, 5.41) is 8.63. The van der Waals surface area contributed by atoms with E-state index in [4.69, 9.17) is 28.3 Å². The number of alkyl halides is 2. The number of para-hydroxylation sites is 1. The molecule has 31 heavy (non-hydrogen) atoms. The number of hydrogen-bond acceptors (Lipinski definition) is 2. The molecule has 0 saturated heterocycles. The van der Waals surface area contributed by atoms with Gasteiger partial charge in [-0.1, -0.05) is 97.1 Å². The van der Waals surface area contributed by atoms with E-state index in [-0.39, 0.29) is 0 Å². The molecule has 0 saturated carbocycles. The van der Waals surface area contributed by atoms with Gasteiger partial charge in [0.2, 0.25) is 0 Å². The highest BCUT2D eigenvalue weighted by molar-refractivity contribution is 6.17. The van der Waals surface area contributed by atoms with Crippen LogP contribution >= 0.6 is 23.2 Å². The lowest BCUT2D eigenvalue weighted by Gasteiger charge is -2.03. The molecular formula is C27H24Cl2O2. The quantitative estimate of drug-likeness (QED) is 0.255. The second kappa shape index (κ2) is 14.0. The molecule has 2 nitrogen and oxygen atoms in total. The maximum atomic E-state index is 10.0. The van der Waals surface area contributed by atoms with Crippen molar-refractivity contribution in [2.24, 2.45) is 0 Å². The highest BCUT2D eigenvalue weighted by atomic mass is 35.5. The van der Waals surface area contributed by atoms with Crippen molar-refractivity contribution in [2.45, 2.75) is 11.8 Å². The molecule has 158 valence electrons. The summed E-state index contributed by atoms with van der Waals surface area (Å²) >= 11 is 11.5. The molecular weight excluding hydrogens is 427 g/mol. The van der Waals surface area contributed by atoms with Gasteiger partial charge in [0.05, 0.1) is 0 Å². The number of aromatic hydroxyl groups is 1. The van der Waals surface area contributed by atoms with Crippen LogP contribution in [0.4, 0.5) is 0 Å². The van der Waals surface area contributed by atoms with E-state index in [1.165, 1.54) is 11.1 Å². The standard InChI is InChI=1S/C14H12Cl2.C7H6O.C6H6O/c15-9-11-1-5-13(6-2-11)14-7-3-12(10-16)4-8-14;8-6-7-4-2-1-3-5-7;7-6-4-2-1-3-5-6/h1-8H,9-10H2;1-6H;1-5,7H. The number of benzene rings is 4. The number of carbonyl (C=O) groups is 1. The molecule has 4 heteroatoms. The lowest BCUT2D eigenvalue weighted by Crippen LogP contribution is -1.82. The van der Waals surface area contributed by atoms with Gasteiger partial charge in [-0.3, -0.25) is 4.79 Å². The average molecular weight is 451 g/mol. The first-order valence-corrected chi connectivity index (χ1v) is 10.8. The van der Waals surface area contributed by atoms with E-state index in [2.05, 4.69) is 48.5 Å². The zero-order valence-corrected chi connectivity index (χ0v) is 18.5. The van der Waals surface area contributed by atoms with Crippen molar-refractivity contribution in [3.63, 3.8) is 0 Å². The van der Waals surface area contributed by atoms with Gasteiger partial charge >= 0.3 is 0 Å². The van der Waals surface area contributed by atoms with Crippen LogP contribution in [-0.4, -0.2) is 11.4 Å². The van der Waals surface area contributed by atoms with Gasteiger partial charge in [0.15, 0.2) is 0 Å². The molecule has 0 spiro atoms. The predicted octanol–water partition coefficient (Wildman–Crippen LogP) is 7.72. The van der Waals surface area contributed by atoms with E-state index >= 15 is 0 Å². The Balaban J connectivity index is 0.000000189. The zero-order chi connectivity index (χ0) is 22.3. The Bertz CT molecular complexity index is 955. The molecule has 0 aliphatic heterocycles. The van der Waals surface area contributed by atoms with Crippen LogP contribution in [0.3, 0.4) is 0 Å². The van der Waals surface area contributed by atoms with Crippen molar-refractivity contribution < 1.29 is 9.90 Å². The molecule has 0 aliphatic carbocycles. The predicted molar refractivity (Wildman–Crippen MR) is 131 cm³/mol. The molecule has 0 heterocycles. The Kier molecular flexibility index (Phi) is 10.9. The smallest absolute Gasteiger partial charge is 0.150 e. The fourth-order valence-electron chi connectivity index (χ4n) is 2.53. The molecule has 4 aromatic carbocycles. The molecule has 0 radical (unpaired) electrons. The first kappa shape index (κ1) is 24.2. The normalized spacial score (nSPS) is 9.48. The van der Waals surface area contributed by atoms with Gasteiger partial charge in [0.25, 0.3) is 0 Å². The topological polar surface area (TPSA) is 37.3 Å². The van der Waals surface area contributed by atoms with Gasteiger partial charge in [0.1, 0.15) is 12.0 Å². The van der Waals surface area contributed by atoms with Gasteiger partial charge in [-0.25, -0.2) is 0 Å². The van der Waals surface area contributed by atoms with E-state index in [9.17, 15) is 4.79 Å². The van der Waals surface area contributed by atoms with Crippen molar-refractivity contribution in [3.05, 3.63) is 126 Å². The molecule has 0 atom stereocenters. The summed E-state index contributed by atoms with van der Waals surface area (Å²) in [4.78, 5) is 10.0. The van der Waals surface area contributed by atoms with Crippen molar-refractivity contribution in [1.82, 2.24) is 0 Å². The van der Waals surface area contributed by atoms with Gasteiger partial charge in [0, 0.05) is 17.3 Å². The summed E-state index contributed by atoms with van der Waals surface area (Å²) in [6, 6.07) is 34.4. The van der Waals surface area contributed by atoms with Crippen molar-refractivity contribution in [2.75, 3.05) is 0 Å². The minimum Gasteiger partial charge on any atom is -0.508 e. The Hall–Kier alpha value is -3.07. The van der Waals surface area contributed by atoms with Crippen LogP contribution in [0.15, 0.2) is 109 Å². The number of hydrogen-bond donors (Lipinski definition) is 1. The second-order valence-electron chi connectivity index (χ2n) is 6.53. The SMILES string of the molecule is ClCc1ccc(-c2ccc(CCl)cc2)cc1.O=Cc1ccccc1.Oc1ccccc1. The third kappa shape index (κ3) is 9.08. The second-order valence-corrected chi connectivity index (χ2v) is 7.06. The molecule has 0 aliphatic rings. The summed E-state index contributed by atoms with van der Waals surface area (Å²) in [6.45, 7) is 0. The van der Waals surface area contributed by atoms with E-state index in [0.717, 1.165) is 23.0 Å². The molecule has 4 aromatic rings. The summed E-state index contributed by atoms with van der Waals surface area (Å²) in [7, 11) is 0. The van der Waals surface area contributed by atoms with E-state index in [0.29, 0.717) is 17.5 Å². The maximum Gasteiger partial charge on any atom is 0.150 e. The molecule has 1 N–H and O–H groups in total. The van der Waals surface area contributed by atoms with Crippen molar-refractivity contribution in [3.8, 4) is 16.9 Å². The molecule has 0 unspecified atom stereocenters. The largest absolute Gasteiger partial charge is 0.508 e. The molecule has 4 rings (SSSR count). The van der Waals surface area contributed by atoms with Crippen LogP contribution in [0.2, 0.25) is 0 Å². The monoisotopic (exact) mass is 450 g/mol. The summed E-state index contributed by atoms with van der Waals surface area (Å²) < 4.78 is 0. The Labute approximate surface area is 193 Å². The molecule has 0 amide bonds. The number of rotatable bonds is 4. The lowest BCUT2D eigenvalue weighted by molar-refractivity contribution is 0.112. The molecule has 0 aromatic heterocycles. The van der Waals surface area contributed by atoms with Crippen LogP contribution < -0.4 is 0 Å². The third-order valence-corrected chi connectivity index (χ3v) is 4.86. The van der Waals surface area contributed by atoms with E-state index in [1.54, 1.807) is 36.4 Å². The van der Waals surface area contributed by atoms with E-state index < -0.39 is 0 Å². The minimum absolute atomic E-state index is 0.322. The summed E-state index contributed by atoms with van der Waals surface area (Å²) in [5.74, 6) is 1.44.